The molecule has 0 atom stereocenters. The zero-order valence-electron chi connectivity index (χ0n) is 10.3. The Balaban J connectivity index is 2.27. The molecule has 0 aliphatic carbocycles. The van der Waals surface area contributed by atoms with Gasteiger partial charge in [-0.1, -0.05) is 29.8 Å². The summed E-state index contributed by atoms with van der Waals surface area (Å²) >= 11 is 5.84. The first-order chi connectivity index (χ1) is 9.76. The molecule has 0 unspecified atom stereocenters. The third-order valence-electron chi connectivity index (χ3n) is 2.62. The van der Waals surface area contributed by atoms with Gasteiger partial charge >= 0.3 is 12.3 Å². The summed E-state index contributed by atoms with van der Waals surface area (Å²) in [5.74, 6) is -1.49. The van der Waals surface area contributed by atoms with E-state index in [4.69, 9.17) is 16.7 Å². The van der Waals surface area contributed by atoms with Crippen LogP contribution in [0.1, 0.15) is 10.4 Å². The van der Waals surface area contributed by atoms with E-state index in [2.05, 4.69) is 4.74 Å². The molecule has 0 spiro atoms. The van der Waals surface area contributed by atoms with Crippen molar-refractivity contribution < 1.29 is 27.8 Å². The summed E-state index contributed by atoms with van der Waals surface area (Å²) in [6.45, 7) is 0. The largest absolute Gasteiger partial charge is 0.573 e. The predicted octanol–water partition coefficient (Wildman–Crippen LogP) is 4.60. The van der Waals surface area contributed by atoms with Gasteiger partial charge in [0.2, 0.25) is 0 Å². The third-order valence-corrected chi connectivity index (χ3v) is 2.93. The summed E-state index contributed by atoms with van der Waals surface area (Å²) in [6.07, 6.45) is -4.74. The molecule has 7 heteroatoms. The average molecular weight is 317 g/mol. The van der Waals surface area contributed by atoms with Crippen LogP contribution in [0, 0.1) is 0 Å². The zero-order chi connectivity index (χ0) is 15.6. The van der Waals surface area contributed by atoms with Crippen molar-refractivity contribution in [3.63, 3.8) is 0 Å². The maximum Gasteiger partial charge on any atom is 0.573 e. The molecule has 0 aromatic heterocycles. The summed E-state index contributed by atoms with van der Waals surface area (Å²) in [4.78, 5) is 10.8. The molecule has 0 saturated carbocycles. The number of hydrogen-bond donors (Lipinski definition) is 1. The number of benzene rings is 2. The second kappa shape index (κ2) is 5.65. The lowest BCUT2D eigenvalue weighted by atomic mass is 10.0. The molecule has 0 aliphatic heterocycles. The SMILES string of the molecule is O=C(O)c1ccc(-c2ccc(OC(F)(F)F)cc2)cc1Cl. The fourth-order valence-corrected chi connectivity index (χ4v) is 1.98. The van der Waals surface area contributed by atoms with E-state index in [1.807, 2.05) is 0 Å². The van der Waals surface area contributed by atoms with Gasteiger partial charge in [-0.15, -0.1) is 13.2 Å². The lowest BCUT2D eigenvalue weighted by molar-refractivity contribution is -0.274. The first-order valence-electron chi connectivity index (χ1n) is 5.65. The smallest absolute Gasteiger partial charge is 0.478 e. The maximum atomic E-state index is 12.0. The normalized spacial score (nSPS) is 11.2. The quantitative estimate of drug-likeness (QED) is 0.900. The summed E-state index contributed by atoms with van der Waals surface area (Å²) in [5.41, 5.74) is 1.13. The molecular formula is C14H8ClF3O3. The van der Waals surface area contributed by atoms with E-state index in [9.17, 15) is 18.0 Å². The van der Waals surface area contributed by atoms with E-state index in [1.54, 1.807) is 0 Å². The first kappa shape index (κ1) is 15.2. The van der Waals surface area contributed by atoms with Crippen LogP contribution < -0.4 is 4.74 Å². The Bertz CT molecular complexity index is 666. The number of carboxylic acids is 1. The Morgan fingerprint density at radius 3 is 2.10 bits per heavy atom. The predicted molar refractivity (Wildman–Crippen MR) is 70.5 cm³/mol. The number of alkyl halides is 3. The number of ether oxygens (including phenoxy) is 1. The Kier molecular flexibility index (Phi) is 4.09. The molecule has 0 amide bonds. The fraction of sp³-hybridized carbons (Fsp3) is 0.0714. The second-order valence-electron chi connectivity index (χ2n) is 4.07. The summed E-state index contributed by atoms with van der Waals surface area (Å²) in [5, 5.41) is 8.92. The van der Waals surface area contributed by atoms with E-state index in [-0.39, 0.29) is 16.3 Å². The molecule has 2 aromatic rings. The Morgan fingerprint density at radius 1 is 1.05 bits per heavy atom. The number of rotatable bonds is 3. The van der Waals surface area contributed by atoms with Crippen LogP contribution in [-0.4, -0.2) is 17.4 Å². The van der Waals surface area contributed by atoms with Crippen molar-refractivity contribution in [2.45, 2.75) is 6.36 Å². The highest BCUT2D eigenvalue weighted by Gasteiger charge is 2.30. The molecule has 2 aromatic carbocycles. The molecule has 2 rings (SSSR count). The van der Waals surface area contributed by atoms with Crippen LogP contribution in [0.5, 0.6) is 5.75 Å². The summed E-state index contributed by atoms with van der Waals surface area (Å²) < 4.78 is 39.9. The number of carbonyl (C=O) groups is 1. The van der Waals surface area contributed by atoms with Gasteiger partial charge in [-0.05, 0) is 35.4 Å². The van der Waals surface area contributed by atoms with E-state index >= 15 is 0 Å². The molecule has 1 N–H and O–H groups in total. The van der Waals surface area contributed by atoms with Crippen molar-refractivity contribution in [1.29, 1.82) is 0 Å². The Labute approximate surface area is 122 Å². The van der Waals surface area contributed by atoms with Gasteiger partial charge in [0.15, 0.2) is 0 Å². The van der Waals surface area contributed by atoms with Crippen LogP contribution in [0.15, 0.2) is 42.5 Å². The van der Waals surface area contributed by atoms with Crippen LogP contribution in [0.2, 0.25) is 5.02 Å². The lowest BCUT2D eigenvalue weighted by Gasteiger charge is -2.09. The van der Waals surface area contributed by atoms with Gasteiger partial charge in [-0.3, -0.25) is 0 Å². The van der Waals surface area contributed by atoms with Gasteiger partial charge in [-0.2, -0.15) is 0 Å². The van der Waals surface area contributed by atoms with Gasteiger partial charge < -0.3 is 9.84 Å². The van der Waals surface area contributed by atoms with Gasteiger partial charge in [-0.25, -0.2) is 4.79 Å². The molecule has 0 bridgehead atoms. The van der Waals surface area contributed by atoms with Crippen LogP contribution in [0.3, 0.4) is 0 Å². The van der Waals surface area contributed by atoms with Crippen molar-refractivity contribution in [2.75, 3.05) is 0 Å². The first-order valence-corrected chi connectivity index (χ1v) is 6.03. The van der Waals surface area contributed by atoms with Crippen LogP contribution in [0.25, 0.3) is 11.1 Å². The Hall–Kier alpha value is -2.21. The van der Waals surface area contributed by atoms with E-state index < -0.39 is 12.3 Å². The topological polar surface area (TPSA) is 46.5 Å². The van der Waals surface area contributed by atoms with Crippen molar-refractivity contribution in [3.05, 3.63) is 53.1 Å². The molecule has 110 valence electrons. The standard InChI is InChI=1S/C14H8ClF3O3/c15-12-7-9(3-6-11(12)13(19)20)8-1-4-10(5-2-8)21-14(16,17)18/h1-7H,(H,19,20). The highest BCUT2D eigenvalue weighted by molar-refractivity contribution is 6.33. The van der Waals surface area contributed by atoms with Crippen LogP contribution in [-0.2, 0) is 0 Å². The second-order valence-corrected chi connectivity index (χ2v) is 4.48. The third kappa shape index (κ3) is 3.88. The monoisotopic (exact) mass is 316 g/mol. The zero-order valence-corrected chi connectivity index (χ0v) is 11.1. The molecular weight excluding hydrogens is 309 g/mol. The minimum atomic E-state index is -4.74. The molecule has 0 aliphatic rings. The van der Waals surface area contributed by atoms with Crippen molar-refractivity contribution >= 4 is 17.6 Å². The summed E-state index contributed by atoms with van der Waals surface area (Å²) in [7, 11) is 0. The van der Waals surface area contributed by atoms with Gasteiger partial charge in [0, 0.05) is 0 Å². The number of carboxylic acid groups (broad SMARTS) is 1. The van der Waals surface area contributed by atoms with Gasteiger partial charge in [0.1, 0.15) is 5.75 Å². The lowest BCUT2D eigenvalue weighted by Crippen LogP contribution is -2.16. The molecule has 0 radical (unpaired) electrons. The fourth-order valence-electron chi connectivity index (χ4n) is 1.72. The number of hydrogen-bond acceptors (Lipinski definition) is 2. The van der Waals surface area contributed by atoms with Crippen molar-refractivity contribution in [3.8, 4) is 16.9 Å². The van der Waals surface area contributed by atoms with Crippen LogP contribution >= 0.6 is 11.6 Å². The minimum absolute atomic E-state index is 0.0440. The molecule has 21 heavy (non-hydrogen) atoms. The molecule has 0 saturated heterocycles. The summed E-state index contributed by atoms with van der Waals surface area (Å²) in [6, 6.07) is 9.48. The van der Waals surface area contributed by atoms with E-state index in [1.165, 1.54) is 42.5 Å². The molecule has 0 fully saturated rings. The average Bonchev–Trinajstić information content (AvgIpc) is 2.37. The number of aromatic carboxylic acids is 1. The van der Waals surface area contributed by atoms with Crippen molar-refractivity contribution in [1.82, 2.24) is 0 Å². The maximum absolute atomic E-state index is 12.0. The highest BCUT2D eigenvalue weighted by atomic mass is 35.5. The molecule has 0 heterocycles. The van der Waals surface area contributed by atoms with Crippen LogP contribution in [0.4, 0.5) is 13.2 Å². The van der Waals surface area contributed by atoms with Gasteiger partial charge in [0.05, 0.1) is 10.6 Å². The van der Waals surface area contributed by atoms with E-state index in [0.717, 1.165) is 0 Å². The highest BCUT2D eigenvalue weighted by Crippen LogP contribution is 2.29. The van der Waals surface area contributed by atoms with E-state index in [0.29, 0.717) is 11.1 Å². The van der Waals surface area contributed by atoms with Gasteiger partial charge in [0.25, 0.3) is 0 Å². The number of halogens is 4. The minimum Gasteiger partial charge on any atom is -0.478 e. The molecule has 3 nitrogen and oxygen atoms in total. The van der Waals surface area contributed by atoms with Crippen molar-refractivity contribution in [2.24, 2.45) is 0 Å². The Morgan fingerprint density at radius 2 is 1.62 bits per heavy atom.